The molecule has 0 saturated carbocycles. The number of pyridine rings is 1. The number of ether oxygens (including phenoxy) is 1. The average molecular weight is 245 g/mol. The number of carbonyl (C=O) groups is 1. The summed E-state index contributed by atoms with van der Waals surface area (Å²) in [5.74, 6) is 0.356. The van der Waals surface area contributed by atoms with Gasteiger partial charge in [-0.25, -0.2) is 14.3 Å². The second-order valence-corrected chi connectivity index (χ2v) is 4.23. The Morgan fingerprint density at radius 3 is 2.94 bits per heavy atom. The maximum absolute atomic E-state index is 11.6. The van der Waals surface area contributed by atoms with E-state index >= 15 is 0 Å². The van der Waals surface area contributed by atoms with Crippen LogP contribution in [0.1, 0.15) is 31.2 Å². The van der Waals surface area contributed by atoms with E-state index < -0.39 is 6.09 Å². The van der Waals surface area contributed by atoms with Crippen LogP contribution in [0.3, 0.4) is 0 Å². The monoisotopic (exact) mass is 245 g/mol. The zero-order valence-corrected chi connectivity index (χ0v) is 10.4. The molecule has 2 heterocycles. The molecule has 0 aliphatic heterocycles. The molecule has 0 aliphatic rings. The number of rotatable bonds is 3. The van der Waals surface area contributed by atoms with Crippen LogP contribution in [0.4, 0.5) is 4.79 Å². The fraction of sp³-hybridized carbons (Fsp3) is 0.308. The van der Waals surface area contributed by atoms with Crippen LogP contribution in [0.5, 0.6) is 0 Å². The lowest BCUT2D eigenvalue weighted by molar-refractivity contribution is 0.139. The van der Waals surface area contributed by atoms with E-state index in [1.165, 1.54) is 17.1 Å². The summed E-state index contributed by atoms with van der Waals surface area (Å²) >= 11 is 0. The molecule has 0 amide bonds. The second kappa shape index (κ2) is 5.44. The second-order valence-electron chi connectivity index (χ2n) is 4.23. The number of carbonyl (C=O) groups excluding carboxylic acids is 1. The minimum Gasteiger partial charge on any atom is -0.442 e. The molecular weight excluding hydrogens is 230 g/mol. The maximum Gasteiger partial charge on any atom is 0.419 e. The van der Waals surface area contributed by atoms with Gasteiger partial charge in [-0.15, -0.1) is 0 Å². The molecule has 0 aliphatic carbocycles. The minimum atomic E-state index is -0.454. The van der Waals surface area contributed by atoms with Crippen LogP contribution in [0, 0.1) is 0 Å². The van der Waals surface area contributed by atoms with Crippen molar-refractivity contribution in [1.82, 2.24) is 14.5 Å². The fourth-order valence-corrected chi connectivity index (χ4v) is 1.48. The van der Waals surface area contributed by atoms with E-state index in [4.69, 9.17) is 4.74 Å². The van der Waals surface area contributed by atoms with Crippen LogP contribution in [0.15, 0.2) is 36.9 Å². The summed E-state index contributed by atoms with van der Waals surface area (Å²) < 4.78 is 6.41. The molecule has 0 saturated heterocycles. The van der Waals surface area contributed by atoms with Gasteiger partial charge in [0.1, 0.15) is 12.9 Å². The zero-order chi connectivity index (χ0) is 13.0. The molecule has 0 radical (unpaired) electrons. The Bertz CT molecular complexity index is 521. The van der Waals surface area contributed by atoms with Crippen LogP contribution in [-0.4, -0.2) is 20.6 Å². The number of imidazole rings is 1. The summed E-state index contributed by atoms with van der Waals surface area (Å²) in [5, 5.41) is 0. The van der Waals surface area contributed by atoms with Gasteiger partial charge in [0, 0.05) is 18.1 Å². The SMILES string of the molecule is CC(C)c1cccc(COC(=O)n2ccnc2)n1. The standard InChI is InChI=1S/C13H15N3O2/c1-10(2)12-5-3-4-11(15-12)8-18-13(17)16-7-6-14-9-16/h3-7,9-10H,8H2,1-2H3. The lowest BCUT2D eigenvalue weighted by Gasteiger charge is -2.08. The first-order valence-electron chi connectivity index (χ1n) is 5.77. The van der Waals surface area contributed by atoms with E-state index in [0.29, 0.717) is 5.92 Å². The van der Waals surface area contributed by atoms with Crippen molar-refractivity contribution in [2.75, 3.05) is 0 Å². The number of hydrogen-bond acceptors (Lipinski definition) is 4. The normalized spacial score (nSPS) is 10.6. The Morgan fingerprint density at radius 1 is 1.44 bits per heavy atom. The van der Waals surface area contributed by atoms with Crippen LogP contribution in [0.2, 0.25) is 0 Å². The van der Waals surface area contributed by atoms with Crippen molar-refractivity contribution >= 4 is 6.09 Å². The van der Waals surface area contributed by atoms with Crippen molar-refractivity contribution in [2.45, 2.75) is 26.4 Å². The van der Waals surface area contributed by atoms with Gasteiger partial charge in [-0.1, -0.05) is 19.9 Å². The van der Waals surface area contributed by atoms with E-state index in [-0.39, 0.29) is 6.61 Å². The van der Waals surface area contributed by atoms with Crippen LogP contribution in [-0.2, 0) is 11.3 Å². The van der Waals surface area contributed by atoms with Gasteiger partial charge >= 0.3 is 6.09 Å². The van der Waals surface area contributed by atoms with Gasteiger partial charge in [0.15, 0.2) is 0 Å². The lowest BCUT2D eigenvalue weighted by atomic mass is 10.1. The third-order valence-electron chi connectivity index (χ3n) is 2.48. The van der Waals surface area contributed by atoms with Crippen LogP contribution < -0.4 is 0 Å². The number of hydrogen-bond donors (Lipinski definition) is 0. The average Bonchev–Trinajstić information content (AvgIpc) is 2.90. The topological polar surface area (TPSA) is 57.0 Å². The predicted octanol–water partition coefficient (Wildman–Crippen LogP) is 2.59. The highest BCUT2D eigenvalue weighted by atomic mass is 16.5. The molecule has 0 unspecified atom stereocenters. The molecule has 94 valence electrons. The highest BCUT2D eigenvalue weighted by Gasteiger charge is 2.07. The van der Waals surface area contributed by atoms with Crippen molar-refractivity contribution in [3.63, 3.8) is 0 Å². The van der Waals surface area contributed by atoms with E-state index in [0.717, 1.165) is 11.4 Å². The molecule has 2 rings (SSSR count). The summed E-state index contributed by atoms with van der Waals surface area (Å²) in [6, 6.07) is 5.72. The summed E-state index contributed by atoms with van der Waals surface area (Å²) in [7, 11) is 0. The van der Waals surface area contributed by atoms with E-state index in [1.807, 2.05) is 18.2 Å². The van der Waals surface area contributed by atoms with Crippen LogP contribution in [0.25, 0.3) is 0 Å². The Labute approximate surface area is 105 Å². The third kappa shape index (κ3) is 2.94. The van der Waals surface area contributed by atoms with Crippen LogP contribution >= 0.6 is 0 Å². The third-order valence-corrected chi connectivity index (χ3v) is 2.48. The Balaban J connectivity index is 1.98. The highest BCUT2D eigenvalue weighted by molar-refractivity contribution is 5.69. The van der Waals surface area contributed by atoms with Gasteiger partial charge in [0.05, 0.1) is 5.69 Å². The maximum atomic E-state index is 11.6. The van der Waals surface area contributed by atoms with E-state index in [2.05, 4.69) is 23.8 Å². The first-order valence-corrected chi connectivity index (χ1v) is 5.77. The molecule has 0 N–H and O–H groups in total. The fourth-order valence-electron chi connectivity index (χ4n) is 1.48. The molecule has 0 bridgehead atoms. The Hall–Kier alpha value is -2.17. The van der Waals surface area contributed by atoms with E-state index in [1.54, 1.807) is 6.20 Å². The number of aromatic nitrogens is 3. The Morgan fingerprint density at radius 2 is 2.28 bits per heavy atom. The molecule has 0 aromatic carbocycles. The molecular formula is C13H15N3O2. The molecule has 5 heteroatoms. The lowest BCUT2D eigenvalue weighted by Crippen LogP contribution is -2.12. The van der Waals surface area contributed by atoms with Gasteiger partial charge in [-0.3, -0.25) is 4.98 Å². The molecule has 18 heavy (non-hydrogen) atoms. The molecule has 0 spiro atoms. The van der Waals surface area contributed by atoms with Crippen molar-refractivity contribution < 1.29 is 9.53 Å². The zero-order valence-electron chi connectivity index (χ0n) is 10.4. The van der Waals surface area contributed by atoms with Crippen molar-refractivity contribution in [1.29, 1.82) is 0 Å². The first-order chi connectivity index (χ1) is 8.66. The summed E-state index contributed by atoms with van der Waals surface area (Å²) in [5.41, 5.74) is 1.74. The molecule has 0 fully saturated rings. The summed E-state index contributed by atoms with van der Waals surface area (Å²) in [4.78, 5) is 19.8. The van der Waals surface area contributed by atoms with Gasteiger partial charge in [0.2, 0.25) is 0 Å². The van der Waals surface area contributed by atoms with Gasteiger partial charge < -0.3 is 4.74 Å². The van der Waals surface area contributed by atoms with Gasteiger partial charge in [-0.2, -0.15) is 0 Å². The molecule has 2 aromatic heterocycles. The summed E-state index contributed by atoms with van der Waals surface area (Å²) in [6.07, 6.45) is 4.02. The Kier molecular flexibility index (Phi) is 3.72. The smallest absolute Gasteiger partial charge is 0.419 e. The van der Waals surface area contributed by atoms with Gasteiger partial charge in [0.25, 0.3) is 0 Å². The van der Waals surface area contributed by atoms with E-state index in [9.17, 15) is 4.79 Å². The minimum absolute atomic E-state index is 0.164. The highest BCUT2D eigenvalue weighted by Crippen LogP contribution is 2.12. The van der Waals surface area contributed by atoms with Gasteiger partial charge in [-0.05, 0) is 18.1 Å². The van der Waals surface area contributed by atoms with Crippen molar-refractivity contribution in [3.8, 4) is 0 Å². The molecule has 2 aromatic rings. The van der Waals surface area contributed by atoms with Crippen molar-refractivity contribution in [2.24, 2.45) is 0 Å². The summed E-state index contributed by atoms with van der Waals surface area (Å²) in [6.45, 7) is 4.31. The largest absolute Gasteiger partial charge is 0.442 e. The quantitative estimate of drug-likeness (QED) is 0.834. The predicted molar refractivity (Wildman–Crippen MR) is 66.1 cm³/mol. The molecule has 5 nitrogen and oxygen atoms in total. The first kappa shape index (κ1) is 12.3. The molecule has 0 atom stereocenters. The number of nitrogens with zero attached hydrogens (tertiary/aromatic N) is 3. The van der Waals surface area contributed by atoms with Crippen molar-refractivity contribution in [3.05, 3.63) is 48.3 Å².